The number of carbonyl (C=O) groups excluding carboxylic acids is 2. The number of halogens is 3. The third-order valence-electron chi connectivity index (χ3n) is 5.85. The summed E-state index contributed by atoms with van der Waals surface area (Å²) in [6.07, 6.45) is 1.21. The number of alkyl halides is 3. The number of esters is 1. The van der Waals surface area contributed by atoms with Gasteiger partial charge in [0.05, 0.1) is 18.3 Å². The summed E-state index contributed by atoms with van der Waals surface area (Å²) in [5.41, 5.74) is -0.258. The molecule has 8 heteroatoms. The van der Waals surface area contributed by atoms with E-state index in [1.165, 1.54) is 6.07 Å². The normalized spacial score (nSPS) is 17.6. The maximum atomic E-state index is 12.9. The minimum absolute atomic E-state index is 0.0678. The Balaban J connectivity index is 1.71. The van der Waals surface area contributed by atoms with E-state index in [1.54, 1.807) is 13.0 Å². The molecule has 0 spiro atoms. The average Bonchev–Trinajstić information content (AvgIpc) is 3.08. The number of nitrogens with zero attached hydrogens (tertiary/aromatic N) is 1. The van der Waals surface area contributed by atoms with Crippen LogP contribution in [0.3, 0.4) is 0 Å². The number of hydrogen-bond donors (Lipinski definition) is 1. The summed E-state index contributed by atoms with van der Waals surface area (Å²) in [4.78, 5) is 25.4. The van der Waals surface area contributed by atoms with Gasteiger partial charge in [0.2, 0.25) is 5.91 Å². The van der Waals surface area contributed by atoms with E-state index in [1.807, 2.05) is 4.90 Å². The van der Waals surface area contributed by atoms with Gasteiger partial charge in [-0.2, -0.15) is 13.2 Å². The molecule has 1 amide bonds. The fourth-order valence-corrected chi connectivity index (χ4v) is 4.17. The molecule has 1 N–H and O–H groups in total. The Kier molecular flexibility index (Phi) is 10.5. The van der Waals surface area contributed by atoms with Gasteiger partial charge >= 0.3 is 12.1 Å². The van der Waals surface area contributed by atoms with E-state index in [0.29, 0.717) is 44.4 Å². The number of unbranched alkanes of at least 4 members (excludes halogenated alkanes) is 3. The molecule has 1 saturated heterocycles. The van der Waals surface area contributed by atoms with Crippen LogP contribution < -0.4 is 0 Å². The quantitative estimate of drug-likeness (QED) is 0.338. The Labute approximate surface area is 187 Å². The first-order valence-corrected chi connectivity index (χ1v) is 11.5. The molecule has 0 bridgehead atoms. The molecule has 1 unspecified atom stereocenters. The van der Waals surface area contributed by atoms with Gasteiger partial charge in [0.15, 0.2) is 0 Å². The zero-order valence-electron chi connectivity index (χ0n) is 18.7. The van der Waals surface area contributed by atoms with Crippen LogP contribution in [0.25, 0.3) is 0 Å². The van der Waals surface area contributed by atoms with E-state index < -0.39 is 17.8 Å². The molecule has 180 valence electrons. The Bertz CT molecular complexity index is 738. The summed E-state index contributed by atoms with van der Waals surface area (Å²) >= 11 is 0. The lowest BCUT2D eigenvalue weighted by Gasteiger charge is -2.26. The Morgan fingerprint density at radius 1 is 1.25 bits per heavy atom. The summed E-state index contributed by atoms with van der Waals surface area (Å²) in [5, 5.41) is 10.3. The zero-order chi connectivity index (χ0) is 23.6. The van der Waals surface area contributed by atoms with Gasteiger partial charge in [0.1, 0.15) is 0 Å². The number of likely N-dealkylation sites (tertiary alicyclic amines) is 1. The van der Waals surface area contributed by atoms with Crippen LogP contribution in [-0.2, 0) is 26.9 Å². The van der Waals surface area contributed by atoms with Gasteiger partial charge in [-0.1, -0.05) is 31.0 Å². The second-order valence-electron chi connectivity index (χ2n) is 8.38. The molecule has 2 atom stereocenters. The number of aliphatic hydroxyl groups is 1. The van der Waals surface area contributed by atoms with Gasteiger partial charge in [-0.25, -0.2) is 0 Å². The largest absolute Gasteiger partial charge is 0.466 e. The van der Waals surface area contributed by atoms with Gasteiger partial charge in [-0.15, -0.1) is 0 Å². The number of carbonyl (C=O) groups is 2. The SMILES string of the molecule is CCOC(=O)CCCCCCN1C(=O)CC[C@@H]1CCC(O)Cc1cccc(C(F)(F)F)c1. The highest BCUT2D eigenvalue weighted by Gasteiger charge is 2.31. The first-order valence-electron chi connectivity index (χ1n) is 11.5. The monoisotopic (exact) mass is 457 g/mol. The summed E-state index contributed by atoms with van der Waals surface area (Å²) in [6.45, 7) is 2.84. The molecule has 1 heterocycles. The van der Waals surface area contributed by atoms with Crippen LogP contribution in [-0.4, -0.2) is 47.2 Å². The van der Waals surface area contributed by atoms with Crippen LogP contribution in [0.2, 0.25) is 0 Å². The van der Waals surface area contributed by atoms with Crippen molar-refractivity contribution in [3.8, 4) is 0 Å². The topological polar surface area (TPSA) is 66.8 Å². The van der Waals surface area contributed by atoms with E-state index >= 15 is 0 Å². The van der Waals surface area contributed by atoms with Crippen LogP contribution in [0.1, 0.15) is 75.8 Å². The second-order valence-corrected chi connectivity index (χ2v) is 8.38. The molecule has 1 aromatic carbocycles. The standard InChI is InChI=1S/C24H34F3NO4/c1-2-32-23(31)10-5-3-4-6-15-28-20(12-14-22(28)30)11-13-21(29)17-18-8-7-9-19(16-18)24(25,26)27/h7-9,16,20-21,29H,2-6,10-15,17H2,1H3/t20-,21?/m0/s1. The number of hydrogen-bond acceptors (Lipinski definition) is 4. The molecule has 5 nitrogen and oxygen atoms in total. The summed E-state index contributed by atoms with van der Waals surface area (Å²) in [5.74, 6) is -0.0557. The molecular weight excluding hydrogens is 423 g/mol. The highest BCUT2D eigenvalue weighted by atomic mass is 19.4. The van der Waals surface area contributed by atoms with Crippen molar-refractivity contribution in [1.29, 1.82) is 0 Å². The smallest absolute Gasteiger partial charge is 0.416 e. The molecule has 1 aromatic rings. The maximum Gasteiger partial charge on any atom is 0.416 e. The third kappa shape index (κ3) is 8.81. The summed E-state index contributed by atoms with van der Waals surface area (Å²) in [7, 11) is 0. The van der Waals surface area contributed by atoms with E-state index in [0.717, 1.165) is 44.2 Å². The number of rotatable bonds is 13. The van der Waals surface area contributed by atoms with Crippen molar-refractivity contribution in [3.05, 3.63) is 35.4 Å². The molecule has 1 fully saturated rings. The minimum atomic E-state index is -4.40. The van der Waals surface area contributed by atoms with Crippen molar-refractivity contribution in [1.82, 2.24) is 4.90 Å². The number of aliphatic hydroxyl groups excluding tert-OH is 1. The fourth-order valence-electron chi connectivity index (χ4n) is 4.17. The van der Waals surface area contributed by atoms with E-state index in [-0.39, 0.29) is 24.3 Å². The Hall–Kier alpha value is -2.09. The Morgan fingerprint density at radius 2 is 2.00 bits per heavy atom. The highest BCUT2D eigenvalue weighted by Crippen LogP contribution is 2.30. The van der Waals surface area contributed by atoms with E-state index in [4.69, 9.17) is 4.74 Å². The van der Waals surface area contributed by atoms with Crippen LogP contribution in [0.4, 0.5) is 13.2 Å². The molecule has 1 aliphatic heterocycles. The first-order chi connectivity index (χ1) is 15.2. The van der Waals surface area contributed by atoms with Crippen molar-refractivity contribution < 1.29 is 32.6 Å². The molecule has 0 aromatic heterocycles. The third-order valence-corrected chi connectivity index (χ3v) is 5.85. The van der Waals surface area contributed by atoms with Crippen molar-refractivity contribution >= 4 is 11.9 Å². The van der Waals surface area contributed by atoms with Gasteiger partial charge < -0.3 is 14.7 Å². The predicted octanol–water partition coefficient (Wildman–Crippen LogP) is 4.89. The molecule has 0 radical (unpaired) electrons. The number of ether oxygens (including phenoxy) is 1. The van der Waals surface area contributed by atoms with Crippen molar-refractivity contribution in [2.45, 2.75) is 89.5 Å². The van der Waals surface area contributed by atoms with Gasteiger partial charge in [-0.05, 0) is 57.1 Å². The van der Waals surface area contributed by atoms with Crippen molar-refractivity contribution in [2.24, 2.45) is 0 Å². The van der Waals surface area contributed by atoms with Crippen molar-refractivity contribution in [3.63, 3.8) is 0 Å². The average molecular weight is 458 g/mol. The molecular formula is C24H34F3NO4. The number of benzene rings is 1. The zero-order valence-corrected chi connectivity index (χ0v) is 18.7. The van der Waals surface area contributed by atoms with Crippen LogP contribution >= 0.6 is 0 Å². The lowest BCUT2D eigenvalue weighted by Crippen LogP contribution is -2.34. The van der Waals surface area contributed by atoms with Crippen LogP contribution in [0.15, 0.2) is 24.3 Å². The van der Waals surface area contributed by atoms with E-state index in [2.05, 4.69) is 0 Å². The Morgan fingerprint density at radius 3 is 2.72 bits per heavy atom. The van der Waals surface area contributed by atoms with Gasteiger partial charge in [0, 0.05) is 25.4 Å². The van der Waals surface area contributed by atoms with Gasteiger partial charge in [0.25, 0.3) is 0 Å². The maximum absolute atomic E-state index is 12.9. The summed E-state index contributed by atoms with van der Waals surface area (Å²) < 4.78 is 43.5. The lowest BCUT2D eigenvalue weighted by molar-refractivity contribution is -0.143. The molecule has 0 saturated carbocycles. The number of amides is 1. The summed E-state index contributed by atoms with van der Waals surface area (Å²) in [6, 6.07) is 5.12. The molecule has 2 rings (SSSR count). The van der Waals surface area contributed by atoms with Gasteiger partial charge in [-0.3, -0.25) is 9.59 Å². The van der Waals surface area contributed by atoms with Crippen LogP contribution in [0.5, 0.6) is 0 Å². The second kappa shape index (κ2) is 12.8. The van der Waals surface area contributed by atoms with Crippen LogP contribution in [0, 0.1) is 0 Å². The molecule has 0 aliphatic carbocycles. The minimum Gasteiger partial charge on any atom is -0.466 e. The first kappa shape index (κ1) is 26.2. The van der Waals surface area contributed by atoms with Crippen molar-refractivity contribution in [2.75, 3.05) is 13.2 Å². The predicted molar refractivity (Wildman–Crippen MR) is 115 cm³/mol. The molecule has 1 aliphatic rings. The van der Waals surface area contributed by atoms with E-state index in [9.17, 15) is 27.9 Å². The fraction of sp³-hybridized carbons (Fsp3) is 0.667. The molecule has 32 heavy (non-hydrogen) atoms. The lowest BCUT2D eigenvalue weighted by atomic mass is 9.99. The highest BCUT2D eigenvalue weighted by molar-refractivity contribution is 5.78.